The second-order valence-electron chi connectivity index (χ2n) is 5.09. The molecule has 3 aromatic rings. The van der Waals surface area contributed by atoms with Crippen LogP contribution in [-0.4, -0.2) is 9.55 Å². The Bertz CT molecular complexity index is 777. The maximum atomic E-state index is 13.9. The van der Waals surface area contributed by atoms with Crippen molar-refractivity contribution in [1.82, 2.24) is 9.55 Å². The van der Waals surface area contributed by atoms with Crippen LogP contribution in [0.1, 0.15) is 23.9 Å². The molecule has 0 unspecified atom stereocenters. The van der Waals surface area contributed by atoms with Crippen molar-refractivity contribution in [3.63, 3.8) is 0 Å². The lowest BCUT2D eigenvalue weighted by molar-refractivity contribution is 0.597. The van der Waals surface area contributed by atoms with E-state index in [2.05, 4.69) is 24.0 Å². The van der Waals surface area contributed by atoms with Crippen LogP contribution in [0.25, 0.3) is 11.0 Å². The third kappa shape index (κ3) is 2.54. The van der Waals surface area contributed by atoms with Crippen molar-refractivity contribution in [3.8, 4) is 0 Å². The number of aromatic nitrogens is 2. The summed E-state index contributed by atoms with van der Waals surface area (Å²) in [5, 5.41) is 0. The lowest BCUT2D eigenvalue weighted by atomic mass is 10.1. The molecule has 1 aromatic heterocycles. The summed E-state index contributed by atoms with van der Waals surface area (Å²) in [7, 11) is 0. The summed E-state index contributed by atoms with van der Waals surface area (Å²) in [6, 6.07) is 13.0. The molecule has 0 aliphatic carbocycles. The van der Waals surface area contributed by atoms with Gasteiger partial charge in [-0.05, 0) is 30.2 Å². The molecule has 4 heteroatoms. The third-order valence-corrected chi connectivity index (χ3v) is 3.77. The van der Waals surface area contributed by atoms with Crippen LogP contribution in [0, 0.1) is 5.82 Å². The van der Waals surface area contributed by atoms with Crippen molar-refractivity contribution in [2.45, 2.75) is 26.4 Å². The molecule has 0 fully saturated rings. The fraction of sp³-hybridized carbons (Fsp3) is 0.235. The van der Waals surface area contributed by atoms with Crippen LogP contribution in [0.2, 0.25) is 0 Å². The summed E-state index contributed by atoms with van der Waals surface area (Å²) in [4.78, 5) is 4.58. The number of nitrogens with two attached hydrogens (primary N) is 1. The maximum Gasteiger partial charge on any atom is 0.128 e. The number of rotatable bonds is 4. The first kappa shape index (κ1) is 13.8. The molecule has 0 atom stereocenters. The van der Waals surface area contributed by atoms with Crippen molar-refractivity contribution >= 4 is 11.0 Å². The van der Waals surface area contributed by atoms with E-state index in [1.54, 1.807) is 12.1 Å². The monoisotopic (exact) mass is 283 g/mol. The van der Waals surface area contributed by atoms with Crippen LogP contribution in [0.15, 0.2) is 42.5 Å². The summed E-state index contributed by atoms with van der Waals surface area (Å²) in [6.07, 6.45) is 0.966. The molecular formula is C17H18FN3. The number of hydrogen-bond donors (Lipinski definition) is 1. The second kappa shape index (κ2) is 5.66. The molecule has 0 aliphatic rings. The highest BCUT2D eigenvalue weighted by Gasteiger charge is 2.12. The lowest BCUT2D eigenvalue weighted by Crippen LogP contribution is -2.10. The van der Waals surface area contributed by atoms with Gasteiger partial charge in [0, 0.05) is 5.56 Å². The fourth-order valence-electron chi connectivity index (χ4n) is 2.57. The van der Waals surface area contributed by atoms with Crippen LogP contribution < -0.4 is 5.73 Å². The molecule has 1 heterocycles. The van der Waals surface area contributed by atoms with Crippen molar-refractivity contribution in [1.29, 1.82) is 0 Å². The Hall–Kier alpha value is -2.20. The van der Waals surface area contributed by atoms with Crippen LogP contribution in [0.5, 0.6) is 0 Å². The van der Waals surface area contributed by atoms with Gasteiger partial charge in [0.25, 0.3) is 0 Å². The van der Waals surface area contributed by atoms with Gasteiger partial charge in [-0.2, -0.15) is 0 Å². The molecule has 21 heavy (non-hydrogen) atoms. The van der Waals surface area contributed by atoms with Crippen molar-refractivity contribution in [3.05, 3.63) is 65.2 Å². The molecule has 3 rings (SSSR count). The van der Waals surface area contributed by atoms with Crippen LogP contribution in [0.4, 0.5) is 4.39 Å². The van der Waals surface area contributed by atoms with Gasteiger partial charge in [0.15, 0.2) is 0 Å². The predicted octanol–water partition coefficient (Wildman–Crippen LogP) is 3.24. The van der Waals surface area contributed by atoms with Crippen molar-refractivity contribution in [2.24, 2.45) is 5.73 Å². The summed E-state index contributed by atoms with van der Waals surface area (Å²) in [6.45, 7) is 2.90. The van der Waals surface area contributed by atoms with Crippen molar-refractivity contribution in [2.75, 3.05) is 0 Å². The number of halogens is 1. The number of imidazole rings is 1. The zero-order valence-corrected chi connectivity index (χ0v) is 12.0. The zero-order valence-electron chi connectivity index (χ0n) is 12.0. The Morgan fingerprint density at radius 1 is 1.19 bits per heavy atom. The van der Waals surface area contributed by atoms with E-state index in [1.165, 1.54) is 11.6 Å². The van der Waals surface area contributed by atoms with Gasteiger partial charge in [0.2, 0.25) is 0 Å². The van der Waals surface area contributed by atoms with Crippen molar-refractivity contribution < 1.29 is 4.39 Å². The highest BCUT2D eigenvalue weighted by atomic mass is 19.1. The van der Waals surface area contributed by atoms with E-state index in [-0.39, 0.29) is 5.82 Å². The highest BCUT2D eigenvalue weighted by Crippen LogP contribution is 2.20. The first-order valence-electron chi connectivity index (χ1n) is 7.14. The summed E-state index contributed by atoms with van der Waals surface area (Å²) in [5.74, 6) is 0.578. The molecule has 108 valence electrons. The number of hydrogen-bond acceptors (Lipinski definition) is 2. The van der Waals surface area contributed by atoms with E-state index < -0.39 is 0 Å². The van der Waals surface area contributed by atoms with Gasteiger partial charge in [-0.25, -0.2) is 9.37 Å². The van der Waals surface area contributed by atoms with E-state index in [4.69, 9.17) is 5.73 Å². The van der Waals surface area contributed by atoms with Crippen LogP contribution in [0.3, 0.4) is 0 Å². The Morgan fingerprint density at radius 3 is 2.71 bits per heavy atom. The normalized spacial score (nSPS) is 11.2. The first-order valence-corrected chi connectivity index (χ1v) is 7.14. The minimum Gasteiger partial charge on any atom is -0.324 e. The second-order valence-corrected chi connectivity index (χ2v) is 5.09. The Kier molecular flexibility index (Phi) is 3.71. The summed E-state index contributed by atoms with van der Waals surface area (Å²) < 4.78 is 15.9. The summed E-state index contributed by atoms with van der Waals surface area (Å²) in [5.41, 5.74) is 9.60. The van der Waals surface area contributed by atoms with Gasteiger partial charge in [0.05, 0.1) is 24.1 Å². The predicted molar refractivity (Wildman–Crippen MR) is 82.5 cm³/mol. The van der Waals surface area contributed by atoms with Gasteiger partial charge in [-0.15, -0.1) is 0 Å². The maximum absolute atomic E-state index is 13.9. The molecule has 0 spiro atoms. The van der Waals surface area contributed by atoms with Gasteiger partial charge < -0.3 is 10.3 Å². The molecule has 0 saturated heterocycles. The number of aryl methyl sites for hydroxylation is 1. The van der Waals surface area contributed by atoms with Gasteiger partial charge in [0.1, 0.15) is 11.6 Å². The number of nitrogens with zero attached hydrogens (tertiary/aromatic N) is 2. The van der Waals surface area contributed by atoms with E-state index >= 15 is 0 Å². The zero-order chi connectivity index (χ0) is 14.8. The first-order chi connectivity index (χ1) is 10.2. The highest BCUT2D eigenvalue weighted by molar-refractivity contribution is 5.77. The van der Waals surface area contributed by atoms with Crippen LogP contribution >= 0.6 is 0 Å². The molecule has 3 nitrogen and oxygen atoms in total. The fourth-order valence-corrected chi connectivity index (χ4v) is 2.57. The lowest BCUT2D eigenvalue weighted by Gasteiger charge is -2.09. The molecule has 0 saturated carbocycles. The third-order valence-electron chi connectivity index (χ3n) is 3.77. The standard InChI is InChI=1S/C17H18FN3/c1-2-12-7-8-16-15(9-12)20-17(10-19)21(16)11-13-5-3-4-6-14(13)18/h3-9H,2,10-11,19H2,1H3. The Morgan fingerprint density at radius 2 is 2.00 bits per heavy atom. The SMILES string of the molecule is CCc1ccc2c(c1)nc(CN)n2Cc1ccccc1F. The molecule has 0 amide bonds. The van der Waals surface area contributed by atoms with E-state index in [1.807, 2.05) is 16.7 Å². The Labute approximate surface area is 123 Å². The van der Waals surface area contributed by atoms with Gasteiger partial charge >= 0.3 is 0 Å². The smallest absolute Gasteiger partial charge is 0.128 e. The van der Waals surface area contributed by atoms with Crippen LogP contribution in [-0.2, 0) is 19.5 Å². The number of benzene rings is 2. The molecule has 0 bridgehead atoms. The molecule has 0 radical (unpaired) electrons. The topological polar surface area (TPSA) is 43.8 Å². The van der Waals surface area contributed by atoms with E-state index in [0.29, 0.717) is 18.7 Å². The summed E-state index contributed by atoms with van der Waals surface area (Å²) >= 11 is 0. The molecule has 0 aliphatic heterocycles. The van der Waals surface area contributed by atoms with E-state index in [0.717, 1.165) is 23.3 Å². The Balaban J connectivity index is 2.10. The average Bonchev–Trinajstić information content (AvgIpc) is 2.86. The molecule has 2 aromatic carbocycles. The van der Waals surface area contributed by atoms with Gasteiger partial charge in [-0.1, -0.05) is 31.2 Å². The quantitative estimate of drug-likeness (QED) is 0.798. The van der Waals surface area contributed by atoms with E-state index in [9.17, 15) is 4.39 Å². The molecule has 2 N–H and O–H groups in total. The average molecular weight is 283 g/mol. The van der Waals surface area contributed by atoms with Gasteiger partial charge in [-0.3, -0.25) is 0 Å². The minimum atomic E-state index is -0.201. The number of fused-ring (bicyclic) bond motifs is 1. The minimum absolute atomic E-state index is 0.201. The largest absolute Gasteiger partial charge is 0.324 e. The molecular weight excluding hydrogens is 265 g/mol.